The Morgan fingerprint density at radius 2 is 2.12 bits per heavy atom. The van der Waals surface area contributed by atoms with E-state index in [0.717, 1.165) is 12.3 Å². The van der Waals surface area contributed by atoms with Crippen LogP contribution in [0.5, 0.6) is 0 Å². The second-order valence-electron chi connectivity index (χ2n) is 1.05. The Balaban J connectivity index is 3.70. The number of ether oxygens (including phenoxy) is 1. The van der Waals surface area contributed by atoms with Crippen molar-refractivity contribution in [1.82, 2.24) is 0 Å². The molecule has 0 heterocycles. The van der Waals surface area contributed by atoms with Crippen molar-refractivity contribution in [2.24, 2.45) is 0 Å². The Labute approximate surface area is 56.0 Å². The molecule has 1 unspecified atom stereocenters. The lowest BCUT2D eigenvalue weighted by Gasteiger charge is -2.10. The van der Waals surface area contributed by atoms with Crippen molar-refractivity contribution >= 4 is 15.9 Å². The van der Waals surface area contributed by atoms with E-state index in [1.54, 1.807) is 0 Å². The first kappa shape index (κ1) is 7.69. The van der Waals surface area contributed by atoms with Crippen molar-refractivity contribution in [3.63, 3.8) is 0 Å². The lowest BCUT2D eigenvalue weighted by atomic mass is 10.6. The van der Waals surface area contributed by atoms with E-state index < -0.39 is 4.76 Å². The van der Waals surface area contributed by atoms with Crippen LogP contribution in [0.25, 0.3) is 0 Å². The average Bonchev–Trinajstić information content (AvgIpc) is 1.67. The van der Waals surface area contributed by atoms with Crippen LogP contribution in [0, 0.1) is 0 Å². The van der Waals surface area contributed by atoms with Crippen molar-refractivity contribution in [2.45, 2.75) is 4.76 Å². The van der Waals surface area contributed by atoms with Gasteiger partial charge in [-0.15, -0.1) is 0 Å². The molecule has 8 heavy (non-hydrogen) atoms. The van der Waals surface area contributed by atoms with E-state index in [0.29, 0.717) is 0 Å². The van der Waals surface area contributed by atoms with E-state index >= 15 is 0 Å². The second-order valence-corrected chi connectivity index (χ2v) is 2.13. The summed E-state index contributed by atoms with van der Waals surface area (Å²) in [6.45, 7) is 6.31. The first-order chi connectivity index (χ1) is 3.62. The summed E-state index contributed by atoms with van der Waals surface area (Å²) in [7, 11) is 0. The highest BCUT2D eigenvalue weighted by atomic mass is 79.9. The Hall–Kier alpha value is -0.310. The van der Waals surface area contributed by atoms with Gasteiger partial charge in [-0.2, -0.15) is 4.39 Å². The van der Waals surface area contributed by atoms with Crippen molar-refractivity contribution in [2.75, 3.05) is 0 Å². The zero-order chi connectivity index (χ0) is 6.62. The van der Waals surface area contributed by atoms with Crippen LogP contribution < -0.4 is 0 Å². The van der Waals surface area contributed by atoms with Gasteiger partial charge >= 0.3 is 4.76 Å². The second kappa shape index (κ2) is 2.87. The highest BCUT2D eigenvalue weighted by Crippen LogP contribution is 2.22. The first-order valence-electron chi connectivity index (χ1n) is 1.92. The molecule has 0 spiro atoms. The van der Waals surface area contributed by atoms with Gasteiger partial charge in [-0.05, 0) is 6.08 Å². The van der Waals surface area contributed by atoms with Gasteiger partial charge in [-0.3, -0.25) is 0 Å². The van der Waals surface area contributed by atoms with Crippen LogP contribution >= 0.6 is 15.9 Å². The Bertz CT molecular complexity index is 101. The third-order valence-electron chi connectivity index (χ3n) is 0.478. The molecule has 0 bridgehead atoms. The number of alkyl halides is 2. The van der Waals surface area contributed by atoms with E-state index in [-0.39, 0.29) is 0 Å². The molecule has 0 amide bonds. The summed E-state index contributed by atoms with van der Waals surface area (Å²) >= 11 is 2.56. The highest BCUT2D eigenvalue weighted by molar-refractivity contribution is 9.10. The average molecular weight is 181 g/mol. The zero-order valence-electron chi connectivity index (χ0n) is 4.23. The molecule has 0 rings (SSSR count). The molecular formula is C5H6BrFO. The Kier molecular flexibility index (Phi) is 2.76. The summed E-state index contributed by atoms with van der Waals surface area (Å²) < 4.78 is 14.6. The third-order valence-corrected chi connectivity index (χ3v) is 0.989. The highest BCUT2D eigenvalue weighted by Gasteiger charge is 2.19. The molecule has 0 saturated heterocycles. The van der Waals surface area contributed by atoms with Gasteiger partial charge in [0.05, 0.1) is 6.26 Å². The van der Waals surface area contributed by atoms with E-state index in [4.69, 9.17) is 0 Å². The number of rotatable bonds is 3. The molecule has 1 nitrogen and oxygen atoms in total. The van der Waals surface area contributed by atoms with Crippen LogP contribution in [-0.2, 0) is 4.74 Å². The Morgan fingerprint density at radius 3 is 2.25 bits per heavy atom. The molecule has 0 fully saturated rings. The summed E-state index contributed by atoms with van der Waals surface area (Å²) in [6.07, 6.45) is 1.98. The Morgan fingerprint density at radius 1 is 1.62 bits per heavy atom. The number of halogens is 2. The van der Waals surface area contributed by atoms with Gasteiger partial charge in [0, 0.05) is 15.9 Å². The third kappa shape index (κ3) is 2.80. The molecule has 0 aromatic rings. The van der Waals surface area contributed by atoms with Gasteiger partial charge in [-0.1, -0.05) is 13.2 Å². The van der Waals surface area contributed by atoms with Gasteiger partial charge < -0.3 is 4.74 Å². The van der Waals surface area contributed by atoms with Crippen LogP contribution in [0.2, 0.25) is 0 Å². The summed E-state index contributed by atoms with van der Waals surface area (Å²) in [4.78, 5) is 0. The maximum absolute atomic E-state index is 12.3. The molecule has 46 valence electrons. The number of hydrogen-bond acceptors (Lipinski definition) is 1. The fraction of sp³-hybridized carbons (Fsp3) is 0.200. The van der Waals surface area contributed by atoms with E-state index in [9.17, 15) is 4.39 Å². The quantitative estimate of drug-likeness (QED) is 0.369. The summed E-state index contributed by atoms with van der Waals surface area (Å²) in [5, 5.41) is 0. The van der Waals surface area contributed by atoms with Gasteiger partial charge in [-0.25, -0.2) is 0 Å². The molecule has 0 radical (unpaired) electrons. The van der Waals surface area contributed by atoms with Crippen LogP contribution in [0.1, 0.15) is 0 Å². The predicted molar refractivity (Wildman–Crippen MR) is 34.2 cm³/mol. The van der Waals surface area contributed by atoms with Crippen molar-refractivity contribution < 1.29 is 9.13 Å². The summed E-state index contributed by atoms with van der Waals surface area (Å²) in [5.74, 6) is 0. The van der Waals surface area contributed by atoms with Crippen LogP contribution in [0.4, 0.5) is 4.39 Å². The van der Waals surface area contributed by atoms with Crippen LogP contribution in [-0.4, -0.2) is 4.76 Å². The lowest BCUT2D eigenvalue weighted by Crippen LogP contribution is -2.09. The minimum atomic E-state index is -1.95. The fourth-order valence-electron chi connectivity index (χ4n) is 0.159. The van der Waals surface area contributed by atoms with E-state index in [2.05, 4.69) is 33.8 Å². The molecule has 0 N–H and O–H groups in total. The minimum absolute atomic E-state index is 0.981. The normalized spacial score (nSPS) is 16.2. The lowest BCUT2D eigenvalue weighted by molar-refractivity contribution is 0.0408. The largest absolute Gasteiger partial charge is 0.454 e. The molecular weight excluding hydrogens is 175 g/mol. The molecule has 0 aromatic carbocycles. The standard InChI is InChI=1S/C5H6BrFO/c1-3-5(6,7)8-4-2/h3-4H,1-2H2. The SMILES string of the molecule is C=COC(F)(Br)C=C. The van der Waals surface area contributed by atoms with Crippen LogP contribution in [0.3, 0.4) is 0 Å². The molecule has 0 aliphatic heterocycles. The topological polar surface area (TPSA) is 9.23 Å². The summed E-state index contributed by atoms with van der Waals surface area (Å²) in [6, 6.07) is 0. The molecule has 0 aromatic heterocycles. The molecule has 3 heteroatoms. The first-order valence-corrected chi connectivity index (χ1v) is 2.72. The van der Waals surface area contributed by atoms with Gasteiger partial charge in [0.25, 0.3) is 0 Å². The summed E-state index contributed by atoms with van der Waals surface area (Å²) in [5.41, 5.74) is 0. The smallest absolute Gasteiger partial charge is 0.323 e. The van der Waals surface area contributed by atoms with E-state index in [1.165, 1.54) is 0 Å². The van der Waals surface area contributed by atoms with Gasteiger partial charge in [0.15, 0.2) is 0 Å². The number of hydrogen-bond donors (Lipinski definition) is 0. The van der Waals surface area contributed by atoms with Gasteiger partial charge in [0.2, 0.25) is 0 Å². The van der Waals surface area contributed by atoms with Gasteiger partial charge in [0.1, 0.15) is 0 Å². The van der Waals surface area contributed by atoms with Crippen molar-refractivity contribution in [3.8, 4) is 0 Å². The van der Waals surface area contributed by atoms with E-state index in [1.807, 2.05) is 0 Å². The minimum Gasteiger partial charge on any atom is -0.454 e. The van der Waals surface area contributed by atoms with Crippen LogP contribution in [0.15, 0.2) is 25.5 Å². The maximum Gasteiger partial charge on any atom is 0.323 e. The fourth-order valence-corrected chi connectivity index (χ4v) is 0.291. The maximum atomic E-state index is 12.3. The molecule has 0 aliphatic rings. The zero-order valence-corrected chi connectivity index (χ0v) is 5.82. The van der Waals surface area contributed by atoms with Crippen molar-refractivity contribution in [3.05, 3.63) is 25.5 Å². The monoisotopic (exact) mass is 180 g/mol. The molecule has 1 atom stereocenters. The molecule has 0 aliphatic carbocycles. The predicted octanol–water partition coefficient (Wildman–Crippen LogP) is 2.35. The molecule has 0 saturated carbocycles. The van der Waals surface area contributed by atoms with Crippen molar-refractivity contribution in [1.29, 1.82) is 0 Å².